The highest BCUT2D eigenvalue weighted by Gasteiger charge is 2.30. The highest BCUT2D eigenvalue weighted by molar-refractivity contribution is 9.10. The predicted octanol–water partition coefficient (Wildman–Crippen LogP) is 6.23. The zero-order valence-corrected chi connectivity index (χ0v) is 15.5. The van der Waals surface area contributed by atoms with Gasteiger partial charge in [0.15, 0.2) is 0 Å². The van der Waals surface area contributed by atoms with E-state index in [0.29, 0.717) is 6.04 Å². The summed E-state index contributed by atoms with van der Waals surface area (Å²) in [7, 11) is 0. The van der Waals surface area contributed by atoms with Gasteiger partial charge in [-0.05, 0) is 43.2 Å². The Hall–Kier alpha value is -2.39. The number of nitrogens with zero attached hydrogens (tertiary/aromatic N) is 2. The molecule has 0 fully saturated rings. The summed E-state index contributed by atoms with van der Waals surface area (Å²) in [4.78, 5) is 7.39. The molecule has 5 rings (SSSR count). The minimum absolute atomic E-state index is 0.415. The smallest absolute Gasteiger partial charge is 0.0742 e. The van der Waals surface area contributed by atoms with Crippen LogP contribution in [0.4, 0.5) is 11.4 Å². The van der Waals surface area contributed by atoms with Crippen LogP contribution in [0.2, 0.25) is 0 Å². The molecule has 0 saturated carbocycles. The lowest BCUT2D eigenvalue weighted by atomic mass is 10.1. The van der Waals surface area contributed by atoms with Gasteiger partial charge in [0.25, 0.3) is 0 Å². The summed E-state index contributed by atoms with van der Waals surface area (Å²) in [5, 5.41) is 2.38. The zero-order valence-electron chi connectivity index (χ0n) is 13.9. The lowest BCUT2D eigenvalue weighted by molar-refractivity contribution is 0.762. The van der Waals surface area contributed by atoms with E-state index < -0.39 is 0 Å². The normalized spacial score (nSPS) is 16.6. The zero-order chi connectivity index (χ0) is 17.0. The SMILES string of the molecule is CC1Cc2ccccc2N1c1c2ccccc2nc2cccc(Br)c12. The Balaban J connectivity index is 1.94. The standard InChI is InChI=1S/C22H17BrN2/c1-14-13-15-7-2-5-12-20(15)25(14)22-16-8-3-4-10-18(16)24-19-11-6-9-17(23)21(19)22/h2-12,14H,13H2,1H3. The van der Waals surface area contributed by atoms with Crippen LogP contribution in [0.5, 0.6) is 0 Å². The first kappa shape index (κ1) is 14.9. The summed E-state index contributed by atoms with van der Waals surface area (Å²) in [5.41, 5.74) is 6.05. The summed E-state index contributed by atoms with van der Waals surface area (Å²) in [5.74, 6) is 0. The molecule has 1 unspecified atom stereocenters. The van der Waals surface area contributed by atoms with Gasteiger partial charge in [0, 0.05) is 27.0 Å². The molecule has 0 amide bonds. The maximum Gasteiger partial charge on any atom is 0.0742 e. The fourth-order valence-corrected chi connectivity index (χ4v) is 4.58. The molecule has 0 bridgehead atoms. The minimum atomic E-state index is 0.415. The van der Waals surface area contributed by atoms with E-state index in [1.807, 2.05) is 0 Å². The van der Waals surface area contributed by atoms with Crippen molar-refractivity contribution in [2.24, 2.45) is 0 Å². The maximum absolute atomic E-state index is 4.89. The lowest BCUT2D eigenvalue weighted by Crippen LogP contribution is -2.24. The van der Waals surface area contributed by atoms with E-state index in [-0.39, 0.29) is 0 Å². The van der Waals surface area contributed by atoms with Crippen molar-refractivity contribution < 1.29 is 0 Å². The second kappa shape index (κ2) is 5.57. The summed E-state index contributed by atoms with van der Waals surface area (Å²) in [6.45, 7) is 2.30. The number of fused-ring (bicyclic) bond motifs is 3. The Morgan fingerprint density at radius 1 is 0.920 bits per heavy atom. The Morgan fingerprint density at radius 3 is 2.60 bits per heavy atom. The van der Waals surface area contributed by atoms with Crippen LogP contribution in [0.25, 0.3) is 21.8 Å². The van der Waals surface area contributed by atoms with Gasteiger partial charge in [-0.2, -0.15) is 0 Å². The van der Waals surface area contributed by atoms with Gasteiger partial charge in [-0.15, -0.1) is 0 Å². The highest BCUT2D eigenvalue weighted by atomic mass is 79.9. The van der Waals surface area contributed by atoms with Crippen molar-refractivity contribution in [3.05, 3.63) is 76.8 Å². The van der Waals surface area contributed by atoms with E-state index in [4.69, 9.17) is 4.98 Å². The number of para-hydroxylation sites is 2. The molecule has 0 saturated heterocycles. The van der Waals surface area contributed by atoms with Crippen molar-refractivity contribution in [2.75, 3.05) is 4.90 Å². The second-order valence-corrected chi connectivity index (χ2v) is 7.52. The molecule has 3 heteroatoms. The summed E-state index contributed by atoms with van der Waals surface area (Å²) in [6, 6.07) is 23.9. The Morgan fingerprint density at radius 2 is 1.68 bits per heavy atom. The van der Waals surface area contributed by atoms with Crippen LogP contribution in [0.3, 0.4) is 0 Å². The van der Waals surface area contributed by atoms with E-state index in [9.17, 15) is 0 Å². The van der Waals surface area contributed by atoms with Gasteiger partial charge in [0.1, 0.15) is 0 Å². The monoisotopic (exact) mass is 388 g/mol. The van der Waals surface area contributed by atoms with Gasteiger partial charge in [-0.1, -0.05) is 58.4 Å². The van der Waals surface area contributed by atoms with Gasteiger partial charge < -0.3 is 4.90 Å². The van der Waals surface area contributed by atoms with Crippen molar-refractivity contribution in [3.8, 4) is 0 Å². The van der Waals surface area contributed by atoms with E-state index in [1.165, 1.54) is 27.7 Å². The number of hydrogen-bond donors (Lipinski definition) is 0. The van der Waals surface area contributed by atoms with Gasteiger partial charge in [0.05, 0.1) is 16.7 Å². The Kier molecular flexibility index (Phi) is 3.32. The average molecular weight is 389 g/mol. The first-order valence-corrected chi connectivity index (χ1v) is 9.37. The van der Waals surface area contributed by atoms with Gasteiger partial charge in [0.2, 0.25) is 0 Å². The predicted molar refractivity (Wildman–Crippen MR) is 109 cm³/mol. The summed E-state index contributed by atoms with van der Waals surface area (Å²) in [6.07, 6.45) is 1.07. The van der Waals surface area contributed by atoms with Crippen LogP contribution >= 0.6 is 15.9 Å². The van der Waals surface area contributed by atoms with Crippen LogP contribution < -0.4 is 4.90 Å². The molecular formula is C22H17BrN2. The van der Waals surface area contributed by atoms with E-state index in [1.54, 1.807) is 0 Å². The second-order valence-electron chi connectivity index (χ2n) is 6.66. The Bertz CT molecular complexity index is 1120. The molecule has 0 spiro atoms. The van der Waals surface area contributed by atoms with Crippen molar-refractivity contribution in [1.29, 1.82) is 0 Å². The third kappa shape index (κ3) is 2.19. The highest BCUT2D eigenvalue weighted by Crippen LogP contribution is 2.45. The van der Waals surface area contributed by atoms with Crippen molar-refractivity contribution in [1.82, 2.24) is 4.98 Å². The molecule has 0 aliphatic carbocycles. The molecule has 1 aliphatic heterocycles. The number of halogens is 1. The first-order valence-electron chi connectivity index (χ1n) is 8.58. The third-order valence-corrected chi connectivity index (χ3v) is 5.74. The number of benzene rings is 3. The molecule has 1 aromatic heterocycles. The number of pyridine rings is 1. The quantitative estimate of drug-likeness (QED) is 0.359. The molecule has 2 heterocycles. The van der Waals surface area contributed by atoms with Crippen LogP contribution in [0, 0.1) is 0 Å². The molecule has 4 aromatic rings. The van der Waals surface area contributed by atoms with Gasteiger partial charge in [-0.25, -0.2) is 4.98 Å². The molecule has 0 radical (unpaired) electrons. The molecule has 25 heavy (non-hydrogen) atoms. The van der Waals surface area contributed by atoms with E-state index in [2.05, 4.69) is 94.5 Å². The fourth-order valence-electron chi connectivity index (χ4n) is 4.03. The molecule has 122 valence electrons. The number of rotatable bonds is 1. The van der Waals surface area contributed by atoms with Crippen molar-refractivity contribution >= 4 is 49.1 Å². The molecular weight excluding hydrogens is 372 g/mol. The number of hydrogen-bond acceptors (Lipinski definition) is 2. The first-order chi connectivity index (χ1) is 12.2. The average Bonchev–Trinajstić information content (AvgIpc) is 2.96. The molecule has 2 nitrogen and oxygen atoms in total. The van der Waals surface area contributed by atoms with Crippen LogP contribution in [0.1, 0.15) is 12.5 Å². The maximum atomic E-state index is 4.89. The lowest BCUT2D eigenvalue weighted by Gasteiger charge is -2.28. The van der Waals surface area contributed by atoms with Crippen molar-refractivity contribution in [2.45, 2.75) is 19.4 Å². The van der Waals surface area contributed by atoms with Gasteiger partial charge in [-0.3, -0.25) is 0 Å². The van der Waals surface area contributed by atoms with Crippen LogP contribution in [0.15, 0.2) is 71.2 Å². The summed E-state index contributed by atoms with van der Waals surface area (Å²) < 4.78 is 1.09. The molecule has 0 N–H and O–H groups in total. The van der Waals surface area contributed by atoms with Crippen molar-refractivity contribution in [3.63, 3.8) is 0 Å². The summed E-state index contributed by atoms with van der Waals surface area (Å²) >= 11 is 3.77. The Labute approximate surface area is 155 Å². The molecule has 3 aromatic carbocycles. The van der Waals surface area contributed by atoms with E-state index >= 15 is 0 Å². The third-order valence-electron chi connectivity index (χ3n) is 5.08. The molecule has 1 atom stereocenters. The van der Waals surface area contributed by atoms with Gasteiger partial charge >= 0.3 is 0 Å². The molecule has 1 aliphatic rings. The van der Waals surface area contributed by atoms with Crippen LogP contribution in [-0.2, 0) is 6.42 Å². The topological polar surface area (TPSA) is 16.1 Å². The largest absolute Gasteiger partial charge is 0.337 e. The fraction of sp³-hybridized carbons (Fsp3) is 0.136. The number of anilines is 2. The van der Waals surface area contributed by atoms with Crippen LogP contribution in [-0.4, -0.2) is 11.0 Å². The number of aromatic nitrogens is 1. The minimum Gasteiger partial charge on any atom is -0.337 e. The van der Waals surface area contributed by atoms with E-state index in [0.717, 1.165) is 21.9 Å².